The molecule has 0 unspecified atom stereocenters. The van der Waals surface area contributed by atoms with Crippen molar-refractivity contribution in [1.82, 2.24) is 10.2 Å². The molecule has 1 aliphatic rings. The van der Waals surface area contributed by atoms with Gasteiger partial charge in [-0.3, -0.25) is 20.4 Å². The number of hydrogen-bond acceptors (Lipinski definition) is 3. The van der Waals surface area contributed by atoms with E-state index in [1.165, 1.54) is 11.9 Å². The van der Waals surface area contributed by atoms with Crippen LogP contribution in [0.15, 0.2) is 0 Å². The van der Waals surface area contributed by atoms with Crippen molar-refractivity contribution in [3.05, 3.63) is 0 Å². The van der Waals surface area contributed by atoms with Gasteiger partial charge < -0.3 is 0 Å². The minimum Gasteiger partial charge on any atom is -0.287 e. The Bertz CT molecular complexity index is 314. The smallest absolute Gasteiger partial charge is 0.287 e. The Balaban J connectivity index is 3.09. The lowest BCUT2D eigenvalue weighted by molar-refractivity contribution is -0.128. The molecule has 1 saturated heterocycles. The quantitative estimate of drug-likeness (QED) is 0.739. The van der Waals surface area contributed by atoms with Gasteiger partial charge >= 0.3 is 6.03 Å². The van der Waals surface area contributed by atoms with E-state index in [1.54, 1.807) is 0 Å². The molecule has 84 valence electrons. The highest BCUT2D eigenvalue weighted by Crippen LogP contribution is 2.33. The number of carbonyl (C=O) groups is 2. The Kier molecular flexibility index (Phi) is 3.12. The van der Waals surface area contributed by atoms with E-state index < -0.39 is 11.4 Å². The maximum Gasteiger partial charge on any atom is 0.329 e. The molecule has 1 heterocycles. The zero-order valence-electron chi connectivity index (χ0n) is 9.39. The van der Waals surface area contributed by atoms with E-state index >= 15 is 0 Å². The maximum atomic E-state index is 11.8. The van der Waals surface area contributed by atoms with Crippen molar-refractivity contribution < 1.29 is 9.59 Å². The van der Waals surface area contributed by atoms with Crippen molar-refractivity contribution in [2.45, 2.75) is 33.1 Å². The molecule has 15 heavy (non-hydrogen) atoms. The first-order valence-electron chi connectivity index (χ1n) is 5.17. The minimum absolute atomic E-state index is 0.112. The molecule has 0 aromatic rings. The zero-order chi connectivity index (χ0) is 11.6. The minimum atomic E-state index is -0.822. The highest BCUT2D eigenvalue weighted by Gasteiger charge is 2.47. The largest absolute Gasteiger partial charge is 0.329 e. The Morgan fingerprint density at radius 1 is 1.40 bits per heavy atom. The van der Waals surface area contributed by atoms with Crippen molar-refractivity contribution in [3.63, 3.8) is 0 Å². The summed E-state index contributed by atoms with van der Waals surface area (Å²) in [4.78, 5) is 24.3. The van der Waals surface area contributed by atoms with E-state index in [9.17, 15) is 9.59 Å². The molecule has 0 radical (unpaired) electrons. The van der Waals surface area contributed by atoms with Crippen LogP contribution in [0.25, 0.3) is 0 Å². The number of urea groups is 1. The first-order valence-corrected chi connectivity index (χ1v) is 5.17. The zero-order valence-corrected chi connectivity index (χ0v) is 9.39. The van der Waals surface area contributed by atoms with E-state index in [4.69, 9.17) is 5.41 Å². The molecule has 1 aliphatic heterocycles. The number of hydrogen-bond donors (Lipinski definition) is 2. The van der Waals surface area contributed by atoms with Crippen LogP contribution in [0, 0.1) is 10.8 Å². The van der Waals surface area contributed by atoms with Crippen molar-refractivity contribution in [1.29, 1.82) is 5.41 Å². The van der Waals surface area contributed by atoms with Gasteiger partial charge in [-0.05, 0) is 12.8 Å². The summed E-state index contributed by atoms with van der Waals surface area (Å²) in [6.07, 6.45) is 1.96. The topological polar surface area (TPSA) is 73.3 Å². The van der Waals surface area contributed by atoms with Gasteiger partial charge in [-0.1, -0.05) is 20.3 Å². The second-order valence-corrected chi connectivity index (χ2v) is 3.85. The molecule has 5 heteroatoms. The fraction of sp³-hybridized carbons (Fsp3) is 0.700. The van der Waals surface area contributed by atoms with Gasteiger partial charge in [0.1, 0.15) is 11.3 Å². The highest BCUT2D eigenvalue weighted by molar-refractivity contribution is 6.19. The summed E-state index contributed by atoms with van der Waals surface area (Å²) in [5.41, 5.74) is -0.822. The van der Waals surface area contributed by atoms with E-state index in [1.807, 2.05) is 13.8 Å². The summed E-state index contributed by atoms with van der Waals surface area (Å²) >= 11 is 0. The molecule has 0 spiro atoms. The molecule has 1 fully saturated rings. The Labute approximate surface area is 89.3 Å². The summed E-state index contributed by atoms with van der Waals surface area (Å²) in [5, 5.41) is 10.2. The number of carbonyl (C=O) groups excluding carboxylic acids is 2. The van der Waals surface area contributed by atoms with Gasteiger partial charge in [0.25, 0.3) is 0 Å². The van der Waals surface area contributed by atoms with Crippen molar-refractivity contribution in [2.75, 3.05) is 7.05 Å². The summed E-state index contributed by atoms with van der Waals surface area (Å²) < 4.78 is 0. The SMILES string of the molecule is CCC[C@@]1(CC)C(=N)N(C)C(=O)NC1=O. The molecular weight excluding hydrogens is 194 g/mol. The van der Waals surface area contributed by atoms with Crippen LogP contribution < -0.4 is 5.32 Å². The molecule has 1 atom stereocenters. The van der Waals surface area contributed by atoms with Crippen LogP contribution in [0.2, 0.25) is 0 Å². The van der Waals surface area contributed by atoms with Crippen LogP contribution in [0.1, 0.15) is 33.1 Å². The van der Waals surface area contributed by atoms with Crippen molar-refractivity contribution >= 4 is 17.8 Å². The third kappa shape index (κ3) is 1.62. The third-order valence-corrected chi connectivity index (χ3v) is 3.03. The van der Waals surface area contributed by atoms with Gasteiger partial charge in [-0.15, -0.1) is 0 Å². The summed E-state index contributed by atoms with van der Waals surface area (Å²) in [5.74, 6) is -0.222. The molecule has 0 saturated carbocycles. The van der Waals surface area contributed by atoms with Gasteiger partial charge in [0.05, 0.1) is 0 Å². The lowest BCUT2D eigenvalue weighted by Gasteiger charge is -2.39. The van der Waals surface area contributed by atoms with Crippen molar-refractivity contribution in [2.24, 2.45) is 5.41 Å². The normalized spacial score (nSPS) is 26.9. The fourth-order valence-corrected chi connectivity index (χ4v) is 1.99. The Morgan fingerprint density at radius 3 is 2.47 bits per heavy atom. The van der Waals surface area contributed by atoms with Gasteiger partial charge in [-0.2, -0.15) is 0 Å². The first-order chi connectivity index (χ1) is 6.99. The fourth-order valence-electron chi connectivity index (χ4n) is 1.99. The monoisotopic (exact) mass is 211 g/mol. The molecule has 2 N–H and O–H groups in total. The molecule has 0 aromatic heterocycles. The van der Waals surface area contributed by atoms with Gasteiger partial charge in [0.15, 0.2) is 0 Å². The molecule has 0 aromatic carbocycles. The number of nitrogens with one attached hydrogen (secondary N) is 2. The van der Waals surface area contributed by atoms with Crippen LogP contribution in [0.4, 0.5) is 4.79 Å². The highest BCUT2D eigenvalue weighted by atomic mass is 16.2. The van der Waals surface area contributed by atoms with E-state index in [-0.39, 0.29) is 11.7 Å². The lowest BCUT2D eigenvalue weighted by Crippen LogP contribution is -2.62. The van der Waals surface area contributed by atoms with Crippen molar-refractivity contribution in [3.8, 4) is 0 Å². The molecule has 0 bridgehead atoms. The van der Waals surface area contributed by atoms with Gasteiger partial charge in [-0.25, -0.2) is 4.79 Å². The van der Waals surface area contributed by atoms with Gasteiger partial charge in [0, 0.05) is 7.05 Å². The second-order valence-electron chi connectivity index (χ2n) is 3.85. The molecule has 1 rings (SSSR count). The Morgan fingerprint density at radius 2 is 2.00 bits per heavy atom. The standard InChI is InChI=1S/C10H17N3O2/c1-4-6-10(5-2)7(11)13(3)9(15)12-8(10)14/h11H,4-6H2,1-3H3,(H,12,14,15)/t10-/m0/s1. The second kappa shape index (κ2) is 4.00. The molecule has 5 nitrogen and oxygen atoms in total. The number of amides is 3. The van der Waals surface area contributed by atoms with Crippen LogP contribution in [-0.2, 0) is 4.79 Å². The van der Waals surface area contributed by atoms with Crippen LogP contribution >= 0.6 is 0 Å². The summed E-state index contributed by atoms with van der Waals surface area (Å²) in [6.45, 7) is 3.84. The van der Waals surface area contributed by atoms with E-state index in [0.717, 1.165) is 6.42 Å². The molecule has 0 aliphatic carbocycles. The Hall–Kier alpha value is -1.39. The van der Waals surface area contributed by atoms with Gasteiger partial charge in [0.2, 0.25) is 5.91 Å². The average molecular weight is 211 g/mol. The maximum absolute atomic E-state index is 11.8. The predicted octanol–water partition coefficient (Wildman–Crippen LogP) is 1.34. The number of nitrogens with zero attached hydrogens (tertiary/aromatic N) is 1. The third-order valence-electron chi connectivity index (χ3n) is 3.03. The van der Waals surface area contributed by atoms with E-state index in [2.05, 4.69) is 5.32 Å². The summed E-state index contributed by atoms with van der Waals surface area (Å²) in [7, 11) is 1.52. The van der Waals surface area contributed by atoms with Crippen LogP contribution in [0.3, 0.4) is 0 Å². The number of amidine groups is 1. The number of imide groups is 1. The molecular formula is C10H17N3O2. The van der Waals surface area contributed by atoms with Crippen LogP contribution in [-0.4, -0.2) is 29.7 Å². The predicted molar refractivity (Wildman–Crippen MR) is 56.7 cm³/mol. The van der Waals surface area contributed by atoms with Crippen LogP contribution in [0.5, 0.6) is 0 Å². The molecule has 3 amide bonds. The average Bonchev–Trinajstić information content (AvgIpc) is 2.21. The first kappa shape index (κ1) is 11.7. The van der Waals surface area contributed by atoms with E-state index in [0.29, 0.717) is 12.8 Å². The number of rotatable bonds is 3. The summed E-state index contributed by atoms with van der Waals surface area (Å²) in [6, 6.07) is -0.509. The lowest BCUT2D eigenvalue weighted by atomic mass is 9.77.